The summed E-state index contributed by atoms with van der Waals surface area (Å²) in [5.74, 6) is -0.580. The third-order valence-electron chi connectivity index (χ3n) is 2.90. The Morgan fingerprint density at radius 1 is 1.60 bits per heavy atom. The average Bonchev–Trinajstić information content (AvgIpc) is 2.53. The highest BCUT2D eigenvalue weighted by Crippen LogP contribution is 2.22. The monoisotopic (exact) mass is 213 g/mol. The Labute approximate surface area is 90.3 Å². The zero-order valence-electron chi connectivity index (χ0n) is 9.24. The Balaban J connectivity index is 2.40. The molecule has 1 heterocycles. The van der Waals surface area contributed by atoms with Crippen LogP contribution in [0.1, 0.15) is 45.4 Å². The van der Waals surface area contributed by atoms with Crippen molar-refractivity contribution in [3.05, 3.63) is 0 Å². The minimum atomic E-state index is -0.773. The van der Waals surface area contributed by atoms with Crippen LogP contribution in [0.25, 0.3) is 0 Å². The first kappa shape index (κ1) is 12.0. The van der Waals surface area contributed by atoms with Crippen molar-refractivity contribution in [1.82, 2.24) is 4.90 Å². The molecule has 1 aliphatic rings. The van der Waals surface area contributed by atoms with Gasteiger partial charge in [-0.05, 0) is 19.3 Å². The highest BCUT2D eigenvalue weighted by molar-refractivity contribution is 5.78. The van der Waals surface area contributed by atoms with E-state index in [-0.39, 0.29) is 18.4 Å². The molecule has 4 nitrogen and oxygen atoms in total. The third kappa shape index (κ3) is 3.53. The number of unbranched alkanes of at least 4 members (excludes halogenated alkanes) is 1. The van der Waals surface area contributed by atoms with Crippen molar-refractivity contribution in [1.29, 1.82) is 0 Å². The van der Waals surface area contributed by atoms with Crippen molar-refractivity contribution in [2.24, 2.45) is 0 Å². The average molecular weight is 213 g/mol. The summed E-state index contributed by atoms with van der Waals surface area (Å²) in [6.45, 7) is 2.88. The van der Waals surface area contributed by atoms with Crippen LogP contribution in [-0.4, -0.2) is 34.5 Å². The molecule has 15 heavy (non-hydrogen) atoms. The lowest BCUT2D eigenvalue weighted by atomic mass is 10.1. The highest BCUT2D eigenvalue weighted by atomic mass is 16.4. The first-order valence-electron chi connectivity index (χ1n) is 5.66. The van der Waals surface area contributed by atoms with Crippen LogP contribution in [-0.2, 0) is 9.59 Å². The van der Waals surface area contributed by atoms with Crippen LogP contribution in [0.5, 0.6) is 0 Å². The Kier molecular flexibility index (Phi) is 4.59. The molecule has 1 rings (SSSR count). The fourth-order valence-corrected chi connectivity index (χ4v) is 2.02. The molecule has 0 aliphatic carbocycles. The van der Waals surface area contributed by atoms with E-state index in [4.69, 9.17) is 5.11 Å². The van der Waals surface area contributed by atoms with Crippen LogP contribution in [0.15, 0.2) is 0 Å². The van der Waals surface area contributed by atoms with Gasteiger partial charge in [0.15, 0.2) is 0 Å². The third-order valence-corrected chi connectivity index (χ3v) is 2.90. The molecule has 0 aromatic heterocycles. The maximum absolute atomic E-state index is 11.5. The Hall–Kier alpha value is -1.06. The normalized spacial score (nSPS) is 21.0. The van der Waals surface area contributed by atoms with Crippen molar-refractivity contribution in [3.63, 3.8) is 0 Å². The zero-order valence-corrected chi connectivity index (χ0v) is 9.24. The predicted molar refractivity (Wildman–Crippen MR) is 56.5 cm³/mol. The maximum Gasteiger partial charge on any atom is 0.303 e. The van der Waals surface area contributed by atoms with E-state index in [1.807, 2.05) is 4.90 Å². The number of likely N-dealkylation sites (tertiary alicyclic amines) is 1. The summed E-state index contributed by atoms with van der Waals surface area (Å²) in [5.41, 5.74) is 0. The summed E-state index contributed by atoms with van der Waals surface area (Å²) >= 11 is 0. The van der Waals surface area contributed by atoms with E-state index in [2.05, 4.69) is 6.92 Å². The molecule has 86 valence electrons. The number of aliphatic carboxylic acids is 1. The van der Waals surface area contributed by atoms with E-state index < -0.39 is 5.97 Å². The number of amides is 1. The number of carboxylic acids is 1. The van der Waals surface area contributed by atoms with Gasteiger partial charge in [-0.25, -0.2) is 0 Å². The fourth-order valence-electron chi connectivity index (χ4n) is 2.02. The van der Waals surface area contributed by atoms with Crippen LogP contribution in [0, 0.1) is 0 Å². The zero-order chi connectivity index (χ0) is 11.3. The molecule has 0 radical (unpaired) electrons. The fraction of sp³-hybridized carbons (Fsp3) is 0.818. The molecule has 1 N–H and O–H groups in total. The smallest absolute Gasteiger partial charge is 0.303 e. The highest BCUT2D eigenvalue weighted by Gasteiger charge is 2.30. The standard InChI is InChI=1S/C11H19NO3/c1-2-3-8-12-9(4-6-10(12)13)5-7-11(14)15/h9H,2-8H2,1H3,(H,14,15)/t9-/m1/s1. The van der Waals surface area contributed by atoms with Crippen LogP contribution < -0.4 is 0 Å². The molecule has 1 saturated heterocycles. The Morgan fingerprint density at radius 2 is 2.33 bits per heavy atom. The number of carbonyl (C=O) groups excluding carboxylic acids is 1. The van der Waals surface area contributed by atoms with Crippen molar-refractivity contribution in [3.8, 4) is 0 Å². The molecular weight excluding hydrogens is 194 g/mol. The molecule has 0 saturated carbocycles. The summed E-state index contributed by atoms with van der Waals surface area (Å²) < 4.78 is 0. The quantitative estimate of drug-likeness (QED) is 0.729. The number of carboxylic acid groups (broad SMARTS) is 1. The first-order chi connectivity index (χ1) is 7.15. The minimum Gasteiger partial charge on any atom is -0.481 e. The molecule has 0 aromatic carbocycles. The summed E-state index contributed by atoms with van der Waals surface area (Å²) in [6.07, 6.45) is 4.26. The van der Waals surface area contributed by atoms with E-state index in [1.165, 1.54) is 0 Å². The molecule has 1 amide bonds. The largest absolute Gasteiger partial charge is 0.481 e. The lowest BCUT2D eigenvalue weighted by molar-refractivity contribution is -0.138. The topological polar surface area (TPSA) is 57.6 Å². The second-order valence-electron chi connectivity index (χ2n) is 4.07. The molecule has 0 spiro atoms. The van der Waals surface area contributed by atoms with Gasteiger partial charge in [0, 0.05) is 25.4 Å². The van der Waals surface area contributed by atoms with Gasteiger partial charge in [-0.2, -0.15) is 0 Å². The molecule has 0 bridgehead atoms. The molecule has 0 unspecified atom stereocenters. The Morgan fingerprint density at radius 3 is 2.93 bits per heavy atom. The van der Waals surface area contributed by atoms with Gasteiger partial charge < -0.3 is 10.0 Å². The summed E-state index contributed by atoms with van der Waals surface area (Å²) in [7, 11) is 0. The van der Waals surface area contributed by atoms with E-state index >= 15 is 0 Å². The van der Waals surface area contributed by atoms with Gasteiger partial charge in [-0.1, -0.05) is 13.3 Å². The van der Waals surface area contributed by atoms with Crippen LogP contribution in [0.3, 0.4) is 0 Å². The SMILES string of the molecule is CCCCN1C(=O)CC[C@@H]1CCC(=O)O. The lowest BCUT2D eigenvalue weighted by Crippen LogP contribution is -2.34. The van der Waals surface area contributed by atoms with Crippen LogP contribution in [0.4, 0.5) is 0 Å². The predicted octanol–water partition coefficient (Wildman–Crippen LogP) is 1.64. The molecular formula is C11H19NO3. The second kappa shape index (κ2) is 5.73. The number of nitrogens with zero attached hydrogens (tertiary/aromatic N) is 1. The van der Waals surface area contributed by atoms with E-state index in [0.29, 0.717) is 12.8 Å². The molecule has 4 heteroatoms. The number of rotatable bonds is 6. The number of hydrogen-bond donors (Lipinski definition) is 1. The molecule has 1 atom stereocenters. The van der Waals surface area contributed by atoms with Crippen molar-refractivity contribution in [2.75, 3.05) is 6.54 Å². The summed E-state index contributed by atoms with van der Waals surface area (Å²) in [5, 5.41) is 8.60. The van der Waals surface area contributed by atoms with Gasteiger partial charge in [-0.3, -0.25) is 9.59 Å². The first-order valence-corrected chi connectivity index (χ1v) is 5.66. The van der Waals surface area contributed by atoms with Gasteiger partial charge in [0.1, 0.15) is 0 Å². The number of carbonyl (C=O) groups is 2. The molecule has 1 fully saturated rings. The summed E-state index contributed by atoms with van der Waals surface area (Å²) in [4.78, 5) is 23.8. The van der Waals surface area contributed by atoms with Crippen LogP contribution in [0.2, 0.25) is 0 Å². The lowest BCUT2D eigenvalue weighted by Gasteiger charge is -2.24. The van der Waals surface area contributed by atoms with Crippen LogP contribution >= 0.6 is 0 Å². The minimum absolute atomic E-state index is 0.167. The maximum atomic E-state index is 11.5. The molecule has 1 aliphatic heterocycles. The second-order valence-corrected chi connectivity index (χ2v) is 4.07. The van der Waals surface area contributed by atoms with Gasteiger partial charge >= 0.3 is 5.97 Å². The summed E-state index contributed by atoms with van der Waals surface area (Å²) in [6, 6.07) is 0.167. The number of hydrogen-bond acceptors (Lipinski definition) is 2. The van der Waals surface area contributed by atoms with Gasteiger partial charge in [0.25, 0.3) is 0 Å². The van der Waals surface area contributed by atoms with Crippen molar-refractivity contribution >= 4 is 11.9 Å². The van der Waals surface area contributed by atoms with Crippen molar-refractivity contribution < 1.29 is 14.7 Å². The van der Waals surface area contributed by atoms with E-state index in [9.17, 15) is 9.59 Å². The van der Waals surface area contributed by atoms with E-state index in [1.54, 1.807) is 0 Å². The van der Waals surface area contributed by atoms with Gasteiger partial charge in [0.2, 0.25) is 5.91 Å². The van der Waals surface area contributed by atoms with Gasteiger partial charge in [0.05, 0.1) is 0 Å². The Bertz CT molecular complexity index is 240. The molecule has 0 aromatic rings. The van der Waals surface area contributed by atoms with Gasteiger partial charge in [-0.15, -0.1) is 0 Å². The van der Waals surface area contributed by atoms with Crippen molar-refractivity contribution in [2.45, 2.75) is 51.5 Å². The van der Waals surface area contributed by atoms with E-state index in [0.717, 1.165) is 25.8 Å².